The van der Waals surface area contributed by atoms with Gasteiger partial charge in [0.1, 0.15) is 17.5 Å². The minimum absolute atomic E-state index is 0.424. The number of hydrogen-bond donors (Lipinski definition) is 1. The number of hydrogen-bond acceptors (Lipinski definition) is 5. The monoisotopic (exact) mass is 264 g/mol. The van der Waals surface area contributed by atoms with Crippen molar-refractivity contribution in [1.29, 1.82) is 0 Å². The lowest BCUT2D eigenvalue weighted by atomic mass is 10.2. The highest BCUT2D eigenvalue weighted by atomic mass is 16.5. The molecule has 1 aromatic rings. The Balaban J connectivity index is 2.33. The van der Waals surface area contributed by atoms with Gasteiger partial charge in [0, 0.05) is 32.7 Å². The van der Waals surface area contributed by atoms with Crippen LogP contribution in [0.15, 0.2) is 0 Å². The first kappa shape index (κ1) is 14.1. The van der Waals surface area contributed by atoms with Gasteiger partial charge >= 0.3 is 0 Å². The zero-order valence-electron chi connectivity index (χ0n) is 12.4. The zero-order chi connectivity index (χ0) is 13.8. The van der Waals surface area contributed by atoms with E-state index in [2.05, 4.69) is 36.1 Å². The lowest BCUT2D eigenvalue weighted by molar-refractivity contribution is 0.193. The molecule has 1 saturated heterocycles. The average Bonchev–Trinajstić information content (AvgIpc) is 2.94. The van der Waals surface area contributed by atoms with E-state index in [1.54, 1.807) is 0 Å². The number of rotatable bonds is 5. The molecule has 1 atom stereocenters. The van der Waals surface area contributed by atoms with E-state index in [0.29, 0.717) is 6.04 Å². The van der Waals surface area contributed by atoms with E-state index in [1.165, 1.54) is 0 Å². The largest absolute Gasteiger partial charge is 0.379 e. The van der Waals surface area contributed by atoms with Gasteiger partial charge < -0.3 is 15.0 Å². The van der Waals surface area contributed by atoms with Crippen LogP contribution < -0.4 is 10.2 Å². The van der Waals surface area contributed by atoms with Crippen LogP contribution in [-0.4, -0.2) is 43.3 Å². The molecule has 0 amide bonds. The highest BCUT2D eigenvalue weighted by Gasteiger charge is 2.24. The highest BCUT2D eigenvalue weighted by Crippen LogP contribution is 2.26. The summed E-state index contributed by atoms with van der Waals surface area (Å²) in [5.74, 6) is 2.87. The Bertz CT molecular complexity index is 430. The summed E-state index contributed by atoms with van der Waals surface area (Å²) in [6, 6.07) is 0.424. The van der Waals surface area contributed by atoms with Crippen LogP contribution in [0.25, 0.3) is 0 Å². The number of aryl methyl sites for hydroxylation is 1. The lowest BCUT2D eigenvalue weighted by Crippen LogP contribution is -2.33. The quantitative estimate of drug-likeness (QED) is 0.881. The number of aromatic nitrogens is 2. The maximum atomic E-state index is 5.47. The van der Waals surface area contributed by atoms with Crippen LogP contribution in [0.3, 0.4) is 0 Å². The van der Waals surface area contributed by atoms with Gasteiger partial charge in [0.25, 0.3) is 0 Å². The molecule has 0 aliphatic carbocycles. The highest BCUT2D eigenvalue weighted by molar-refractivity contribution is 5.58. The molecule has 1 aliphatic heterocycles. The Morgan fingerprint density at radius 2 is 2.21 bits per heavy atom. The molecule has 1 fully saturated rings. The molecule has 106 valence electrons. The molecule has 0 spiro atoms. The Morgan fingerprint density at radius 1 is 1.42 bits per heavy atom. The van der Waals surface area contributed by atoms with E-state index in [4.69, 9.17) is 9.72 Å². The second kappa shape index (κ2) is 6.19. The maximum Gasteiger partial charge on any atom is 0.137 e. The zero-order valence-corrected chi connectivity index (χ0v) is 12.4. The molecule has 1 N–H and O–H groups in total. The first-order valence-electron chi connectivity index (χ1n) is 7.03. The van der Waals surface area contributed by atoms with Gasteiger partial charge in [-0.05, 0) is 19.8 Å². The third-order valence-electron chi connectivity index (χ3n) is 3.66. The van der Waals surface area contributed by atoms with Gasteiger partial charge in [0.15, 0.2) is 0 Å². The molecule has 5 nitrogen and oxygen atoms in total. The van der Waals surface area contributed by atoms with Gasteiger partial charge in [-0.3, -0.25) is 0 Å². The molecule has 5 heteroatoms. The number of ether oxygens (including phenoxy) is 1. The van der Waals surface area contributed by atoms with E-state index in [-0.39, 0.29) is 0 Å². The third-order valence-corrected chi connectivity index (χ3v) is 3.66. The average molecular weight is 264 g/mol. The molecule has 0 radical (unpaired) electrons. The fraction of sp³-hybridized carbons (Fsp3) is 0.714. The van der Waals surface area contributed by atoms with Crippen LogP contribution in [0.5, 0.6) is 0 Å². The third kappa shape index (κ3) is 2.97. The molecule has 2 heterocycles. The lowest BCUT2D eigenvalue weighted by Gasteiger charge is -2.27. The topological polar surface area (TPSA) is 50.3 Å². The summed E-state index contributed by atoms with van der Waals surface area (Å²) in [7, 11) is 4.01. The predicted molar refractivity (Wildman–Crippen MR) is 77.9 cm³/mol. The van der Waals surface area contributed by atoms with Crippen molar-refractivity contribution in [3.63, 3.8) is 0 Å². The van der Waals surface area contributed by atoms with Crippen molar-refractivity contribution in [3.05, 3.63) is 11.4 Å². The fourth-order valence-corrected chi connectivity index (χ4v) is 2.47. The van der Waals surface area contributed by atoms with Crippen molar-refractivity contribution in [2.45, 2.75) is 39.2 Å². The summed E-state index contributed by atoms with van der Waals surface area (Å²) in [6.07, 6.45) is 3.04. The SMILES string of the molecule is CCCc1nc(NC)c(C)c(N(C)C2CCOC2)n1. The van der Waals surface area contributed by atoms with Crippen molar-refractivity contribution in [1.82, 2.24) is 9.97 Å². The van der Waals surface area contributed by atoms with E-state index < -0.39 is 0 Å². The minimum atomic E-state index is 0.424. The van der Waals surface area contributed by atoms with Crippen molar-refractivity contribution >= 4 is 11.6 Å². The summed E-state index contributed by atoms with van der Waals surface area (Å²) < 4.78 is 5.47. The Kier molecular flexibility index (Phi) is 4.58. The molecule has 2 rings (SSSR count). The second-order valence-corrected chi connectivity index (χ2v) is 5.07. The van der Waals surface area contributed by atoms with Crippen molar-refractivity contribution in [2.75, 3.05) is 37.5 Å². The van der Waals surface area contributed by atoms with Crippen LogP contribution in [0.2, 0.25) is 0 Å². The summed E-state index contributed by atoms with van der Waals surface area (Å²) in [4.78, 5) is 11.5. The van der Waals surface area contributed by atoms with Gasteiger partial charge in [0.2, 0.25) is 0 Å². The Labute approximate surface area is 115 Å². The second-order valence-electron chi connectivity index (χ2n) is 5.07. The fourth-order valence-electron chi connectivity index (χ4n) is 2.47. The number of nitrogens with one attached hydrogen (secondary N) is 1. The minimum Gasteiger partial charge on any atom is -0.379 e. The first-order chi connectivity index (χ1) is 9.17. The number of anilines is 2. The molecule has 19 heavy (non-hydrogen) atoms. The maximum absolute atomic E-state index is 5.47. The summed E-state index contributed by atoms with van der Waals surface area (Å²) >= 11 is 0. The smallest absolute Gasteiger partial charge is 0.137 e. The molecule has 0 aromatic carbocycles. The molecule has 0 bridgehead atoms. The van der Waals surface area contributed by atoms with Crippen molar-refractivity contribution < 1.29 is 4.74 Å². The molecular weight excluding hydrogens is 240 g/mol. The molecule has 0 saturated carbocycles. The summed E-state index contributed by atoms with van der Waals surface area (Å²) in [5.41, 5.74) is 1.11. The summed E-state index contributed by atoms with van der Waals surface area (Å²) in [6.45, 7) is 5.86. The molecule has 1 aliphatic rings. The van der Waals surface area contributed by atoms with Crippen LogP contribution in [0, 0.1) is 6.92 Å². The van der Waals surface area contributed by atoms with E-state index in [9.17, 15) is 0 Å². The van der Waals surface area contributed by atoms with Gasteiger partial charge in [-0.1, -0.05) is 6.92 Å². The predicted octanol–water partition coefficient (Wildman–Crippen LogP) is 2.00. The van der Waals surface area contributed by atoms with Gasteiger partial charge in [-0.15, -0.1) is 0 Å². The van der Waals surface area contributed by atoms with E-state index >= 15 is 0 Å². The Hall–Kier alpha value is -1.36. The summed E-state index contributed by atoms with van der Waals surface area (Å²) in [5, 5.41) is 3.17. The Morgan fingerprint density at radius 3 is 2.79 bits per heavy atom. The van der Waals surface area contributed by atoms with Crippen molar-refractivity contribution in [2.24, 2.45) is 0 Å². The molecular formula is C14H24N4O. The normalized spacial score (nSPS) is 18.6. The van der Waals surface area contributed by atoms with Crippen LogP contribution in [0.1, 0.15) is 31.2 Å². The van der Waals surface area contributed by atoms with Gasteiger partial charge in [0.05, 0.1) is 12.6 Å². The van der Waals surface area contributed by atoms with Crippen LogP contribution in [-0.2, 0) is 11.2 Å². The molecule has 1 unspecified atom stereocenters. The van der Waals surface area contributed by atoms with Gasteiger partial charge in [-0.2, -0.15) is 0 Å². The van der Waals surface area contributed by atoms with Crippen LogP contribution in [0.4, 0.5) is 11.6 Å². The van der Waals surface area contributed by atoms with Crippen molar-refractivity contribution in [3.8, 4) is 0 Å². The van der Waals surface area contributed by atoms with E-state index in [1.807, 2.05) is 7.05 Å². The van der Waals surface area contributed by atoms with Crippen LogP contribution >= 0.6 is 0 Å². The van der Waals surface area contributed by atoms with E-state index in [0.717, 1.165) is 55.5 Å². The first-order valence-corrected chi connectivity index (χ1v) is 7.03. The number of nitrogens with zero attached hydrogens (tertiary/aromatic N) is 3. The number of likely N-dealkylation sites (N-methyl/N-ethyl adjacent to an activating group) is 1. The van der Waals surface area contributed by atoms with Gasteiger partial charge in [-0.25, -0.2) is 9.97 Å². The standard InChI is InChI=1S/C14H24N4O/c1-5-6-12-16-13(15-3)10(2)14(17-12)18(4)11-7-8-19-9-11/h11H,5-9H2,1-4H3,(H,15,16,17). The molecule has 1 aromatic heterocycles.